The van der Waals surface area contributed by atoms with Gasteiger partial charge in [-0.3, -0.25) is 4.79 Å². The number of methoxy groups -OCH3 is 1. The highest BCUT2D eigenvalue weighted by atomic mass is 16.5. The van der Waals surface area contributed by atoms with Crippen LogP contribution in [0.25, 0.3) is 0 Å². The summed E-state index contributed by atoms with van der Waals surface area (Å²) in [5.74, 6) is 0.586. The number of hydrogen-bond acceptors (Lipinski definition) is 4. The molecule has 0 heterocycles. The minimum atomic E-state index is -0.456. The van der Waals surface area contributed by atoms with Gasteiger partial charge in [0, 0.05) is 12.8 Å². The normalized spacial score (nSPS) is 11.9. The number of anilines is 1. The summed E-state index contributed by atoms with van der Waals surface area (Å²) in [6.45, 7) is 3.05. The van der Waals surface area contributed by atoms with Crippen molar-refractivity contribution in [2.45, 2.75) is 25.8 Å². The van der Waals surface area contributed by atoms with Gasteiger partial charge in [-0.05, 0) is 30.7 Å². The second-order valence-corrected chi connectivity index (χ2v) is 4.25. The van der Waals surface area contributed by atoms with E-state index in [-0.39, 0.29) is 5.91 Å². The van der Waals surface area contributed by atoms with E-state index in [1.807, 2.05) is 6.92 Å². The van der Waals surface area contributed by atoms with Gasteiger partial charge in [0.1, 0.15) is 12.4 Å². The Morgan fingerprint density at radius 2 is 2.00 bits per heavy atom. The molecule has 0 bridgehead atoms. The molecule has 19 heavy (non-hydrogen) atoms. The topological polar surface area (TPSA) is 73.6 Å². The Morgan fingerprint density at radius 1 is 1.32 bits per heavy atom. The molecule has 0 radical (unpaired) electrons. The van der Waals surface area contributed by atoms with Gasteiger partial charge in [0.25, 0.3) is 0 Å². The molecule has 0 saturated heterocycles. The van der Waals surface area contributed by atoms with E-state index in [0.717, 1.165) is 17.9 Å². The van der Waals surface area contributed by atoms with Crippen molar-refractivity contribution in [1.29, 1.82) is 0 Å². The van der Waals surface area contributed by atoms with E-state index in [9.17, 15) is 4.79 Å². The number of nitrogens with one attached hydrogen (secondary N) is 1. The molecule has 0 aliphatic rings. The molecule has 5 heteroatoms. The second-order valence-electron chi connectivity index (χ2n) is 4.25. The SMILES string of the molecule is CCC[C@@H](N)C(=O)Nc1ccc(OCCOC)cc1. The Hall–Kier alpha value is -1.59. The maximum atomic E-state index is 11.7. The Kier molecular flexibility index (Phi) is 6.92. The number of nitrogens with two attached hydrogens (primary N) is 1. The van der Waals surface area contributed by atoms with Gasteiger partial charge in [-0.1, -0.05) is 13.3 Å². The molecule has 3 N–H and O–H groups in total. The number of carbonyl (C=O) groups is 1. The zero-order valence-electron chi connectivity index (χ0n) is 11.5. The quantitative estimate of drug-likeness (QED) is 0.703. The van der Waals surface area contributed by atoms with Crippen molar-refractivity contribution in [3.05, 3.63) is 24.3 Å². The lowest BCUT2D eigenvalue weighted by Gasteiger charge is -2.11. The summed E-state index contributed by atoms with van der Waals surface area (Å²) in [6.07, 6.45) is 1.57. The first kappa shape index (κ1) is 15.5. The van der Waals surface area contributed by atoms with E-state index < -0.39 is 6.04 Å². The highest BCUT2D eigenvalue weighted by Gasteiger charge is 2.11. The number of rotatable bonds is 8. The number of amides is 1. The predicted molar refractivity (Wildman–Crippen MR) is 75.3 cm³/mol. The van der Waals surface area contributed by atoms with Crippen LogP contribution in [0.5, 0.6) is 5.75 Å². The van der Waals surface area contributed by atoms with Crippen LogP contribution in [0.1, 0.15) is 19.8 Å². The van der Waals surface area contributed by atoms with E-state index in [1.54, 1.807) is 31.4 Å². The molecule has 1 aromatic carbocycles. The average molecular weight is 266 g/mol. The molecule has 0 aliphatic carbocycles. The summed E-state index contributed by atoms with van der Waals surface area (Å²) >= 11 is 0. The number of ether oxygens (including phenoxy) is 2. The van der Waals surface area contributed by atoms with Gasteiger partial charge in [0.2, 0.25) is 5.91 Å². The fourth-order valence-electron chi connectivity index (χ4n) is 1.55. The van der Waals surface area contributed by atoms with Crippen LogP contribution in [0.4, 0.5) is 5.69 Å². The molecule has 0 fully saturated rings. The summed E-state index contributed by atoms with van der Waals surface area (Å²) in [5.41, 5.74) is 6.45. The fourth-order valence-corrected chi connectivity index (χ4v) is 1.55. The van der Waals surface area contributed by atoms with Crippen LogP contribution in [0.2, 0.25) is 0 Å². The molecule has 0 aliphatic heterocycles. The van der Waals surface area contributed by atoms with Crippen LogP contribution in [-0.2, 0) is 9.53 Å². The zero-order chi connectivity index (χ0) is 14.1. The van der Waals surface area contributed by atoms with Crippen LogP contribution >= 0.6 is 0 Å². The van der Waals surface area contributed by atoms with Gasteiger partial charge in [0.15, 0.2) is 0 Å². The van der Waals surface area contributed by atoms with Crippen LogP contribution in [0.3, 0.4) is 0 Å². The molecule has 1 rings (SSSR count). The summed E-state index contributed by atoms with van der Waals surface area (Å²) in [4.78, 5) is 11.7. The van der Waals surface area contributed by atoms with Crippen molar-refractivity contribution >= 4 is 11.6 Å². The molecule has 5 nitrogen and oxygen atoms in total. The van der Waals surface area contributed by atoms with E-state index in [0.29, 0.717) is 19.6 Å². The molecular formula is C14H22N2O3. The summed E-state index contributed by atoms with van der Waals surface area (Å²) in [5, 5.41) is 2.78. The van der Waals surface area contributed by atoms with Gasteiger partial charge in [-0.2, -0.15) is 0 Å². The average Bonchev–Trinajstić information content (AvgIpc) is 2.41. The maximum absolute atomic E-state index is 11.7. The van der Waals surface area contributed by atoms with Gasteiger partial charge in [0.05, 0.1) is 12.6 Å². The summed E-state index contributed by atoms with van der Waals surface area (Å²) < 4.78 is 10.3. The van der Waals surface area contributed by atoms with Gasteiger partial charge in [-0.25, -0.2) is 0 Å². The Morgan fingerprint density at radius 3 is 2.58 bits per heavy atom. The van der Waals surface area contributed by atoms with Crippen molar-refractivity contribution in [2.75, 3.05) is 25.6 Å². The number of benzene rings is 1. The van der Waals surface area contributed by atoms with Gasteiger partial charge >= 0.3 is 0 Å². The molecule has 106 valence electrons. The van der Waals surface area contributed by atoms with Crippen molar-refractivity contribution < 1.29 is 14.3 Å². The lowest BCUT2D eigenvalue weighted by Crippen LogP contribution is -2.35. The lowest BCUT2D eigenvalue weighted by atomic mass is 10.1. The number of carbonyl (C=O) groups excluding carboxylic acids is 1. The van der Waals surface area contributed by atoms with Crippen LogP contribution < -0.4 is 15.8 Å². The molecular weight excluding hydrogens is 244 g/mol. The highest BCUT2D eigenvalue weighted by Crippen LogP contribution is 2.15. The Bertz CT molecular complexity index is 379. The first-order valence-electron chi connectivity index (χ1n) is 6.45. The molecule has 0 spiro atoms. The maximum Gasteiger partial charge on any atom is 0.241 e. The third-order valence-electron chi connectivity index (χ3n) is 2.61. The predicted octanol–water partition coefficient (Wildman–Crippen LogP) is 1.78. The molecule has 0 saturated carbocycles. The fraction of sp³-hybridized carbons (Fsp3) is 0.500. The zero-order valence-corrected chi connectivity index (χ0v) is 11.5. The first-order valence-corrected chi connectivity index (χ1v) is 6.45. The minimum Gasteiger partial charge on any atom is -0.491 e. The molecule has 1 atom stereocenters. The van der Waals surface area contributed by atoms with E-state index in [1.165, 1.54) is 0 Å². The van der Waals surface area contributed by atoms with E-state index in [4.69, 9.17) is 15.2 Å². The smallest absolute Gasteiger partial charge is 0.241 e. The van der Waals surface area contributed by atoms with E-state index in [2.05, 4.69) is 5.32 Å². The number of hydrogen-bond donors (Lipinski definition) is 2. The van der Waals surface area contributed by atoms with Crippen LogP contribution in [-0.4, -0.2) is 32.3 Å². The highest BCUT2D eigenvalue weighted by molar-refractivity contribution is 5.94. The van der Waals surface area contributed by atoms with Crippen LogP contribution in [0, 0.1) is 0 Å². The Labute approximate surface area is 114 Å². The third kappa shape index (κ3) is 5.72. The van der Waals surface area contributed by atoms with Gasteiger partial charge in [-0.15, -0.1) is 0 Å². The van der Waals surface area contributed by atoms with Crippen molar-refractivity contribution in [2.24, 2.45) is 5.73 Å². The first-order chi connectivity index (χ1) is 9.17. The monoisotopic (exact) mass is 266 g/mol. The second kappa shape index (κ2) is 8.50. The van der Waals surface area contributed by atoms with Crippen molar-refractivity contribution in [3.63, 3.8) is 0 Å². The molecule has 1 amide bonds. The van der Waals surface area contributed by atoms with E-state index >= 15 is 0 Å². The third-order valence-corrected chi connectivity index (χ3v) is 2.61. The molecule has 0 unspecified atom stereocenters. The molecule has 1 aromatic rings. The lowest BCUT2D eigenvalue weighted by molar-refractivity contribution is -0.117. The van der Waals surface area contributed by atoms with Crippen molar-refractivity contribution in [3.8, 4) is 5.75 Å². The minimum absolute atomic E-state index is 0.157. The van der Waals surface area contributed by atoms with Gasteiger partial charge < -0.3 is 20.5 Å². The standard InChI is InChI=1S/C14H22N2O3/c1-3-4-13(15)14(17)16-11-5-7-12(8-6-11)19-10-9-18-2/h5-8,13H,3-4,9-10,15H2,1-2H3,(H,16,17)/t13-/m1/s1. The summed E-state index contributed by atoms with van der Waals surface area (Å²) in [7, 11) is 1.63. The van der Waals surface area contributed by atoms with Crippen LogP contribution in [0.15, 0.2) is 24.3 Å². The van der Waals surface area contributed by atoms with Crippen molar-refractivity contribution in [1.82, 2.24) is 0 Å². The molecule has 0 aromatic heterocycles. The Balaban J connectivity index is 2.45. The largest absolute Gasteiger partial charge is 0.491 e. The summed E-state index contributed by atoms with van der Waals surface area (Å²) in [6, 6.07) is 6.73.